The molecule has 1 aromatic rings. The van der Waals surface area contributed by atoms with E-state index in [1.807, 2.05) is 24.3 Å². The first-order valence-corrected chi connectivity index (χ1v) is 8.47. The second-order valence-electron chi connectivity index (χ2n) is 5.82. The van der Waals surface area contributed by atoms with E-state index in [4.69, 9.17) is 14.2 Å². The van der Waals surface area contributed by atoms with Gasteiger partial charge in [0.25, 0.3) is 0 Å². The van der Waals surface area contributed by atoms with Crippen molar-refractivity contribution in [3.8, 4) is 11.5 Å². The number of ether oxygens (including phenoxy) is 3. The van der Waals surface area contributed by atoms with Gasteiger partial charge in [-0.05, 0) is 57.0 Å². The first-order chi connectivity index (χ1) is 10.8. The summed E-state index contributed by atoms with van der Waals surface area (Å²) in [7, 11) is 0. The van der Waals surface area contributed by atoms with Gasteiger partial charge in [-0.3, -0.25) is 4.90 Å². The second kappa shape index (κ2) is 11.5. The molecule has 1 aromatic carbocycles. The zero-order valence-electron chi connectivity index (χ0n) is 14.3. The summed E-state index contributed by atoms with van der Waals surface area (Å²) in [5.74, 6) is 1.83. The Labute approximate surface area is 146 Å². The standard InChI is InChI=1S/C18H29NO3.ClH/c1-3-16(2)22-18-8-6-17(7-9-18)21-13-5-4-10-19-11-14-20-15-12-19;/h6-9,16H,3-5,10-15H2,1-2H3;1H. The fourth-order valence-electron chi connectivity index (χ4n) is 2.38. The average Bonchev–Trinajstić information content (AvgIpc) is 2.57. The van der Waals surface area contributed by atoms with Crippen molar-refractivity contribution in [2.45, 2.75) is 39.2 Å². The van der Waals surface area contributed by atoms with Gasteiger partial charge in [0.05, 0.1) is 25.9 Å². The lowest BCUT2D eigenvalue weighted by Gasteiger charge is -2.26. The van der Waals surface area contributed by atoms with Crippen LogP contribution in [0.4, 0.5) is 0 Å². The summed E-state index contributed by atoms with van der Waals surface area (Å²) in [5, 5.41) is 0. The Bertz CT molecular complexity index is 407. The highest BCUT2D eigenvalue weighted by Crippen LogP contribution is 2.19. The molecule has 1 saturated heterocycles. The molecular formula is C18H30ClNO3. The highest BCUT2D eigenvalue weighted by molar-refractivity contribution is 5.85. The molecule has 0 radical (unpaired) electrons. The minimum absolute atomic E-state index is 0. The molecule has 1 atom stereocenters. The Kier molecular flexibility index (Phi) is 10.1. The third kappa shape index (κ3) is 7.91. The van der Waals surface area contributed by atoms with E-state index in [0.717, 1.165) is 63.8 Å². The average molecular weight is 344 g/mol. The summed E-state index contributed by atoms with van der Waals surface area (Å²) in [4.78, 5) is 2.46. The van der Waals surface area contributed by atoms with E-state index >= 15 is 0 Å². The molecule has 1 fully saturated rings. The number of rotatable bonds is 9. The van der Waals surface area contributed by atoms with Crippen LogP contribution >= 0.6 is 12.4 Å². The van der Waals surface area contributed by atoms with Crippen molar-refractivity contribution in [1.82, 2.24) is 4.90 Å². The van der Waals surface area contributed by atoms with Crippen LogP contribution in [0.15, 0.2) is 24.3 Å². The van der Waals surface area contributed by atoms with Crippen molar-refractivity contribution < 1.29 is 14.2 Å². The van der Waals surface area contributed by atoms with Crippen molar-refractivity contribution in [2.75, 3.05) is 39.5 Å². The number of morpholine rings is 1. The summed E-state index contributed by atoms with van der Waals surface area (Å²) < 4.78 is 16.9. The number of hydrogen-bond acceptors (Lipinski definition) is 4. The van der Waals surface area contributed by atoms with E-state index in [1.54, 1.807) is 0 Å². The summed E-state index contributed by atoms with van der Waals surface area (Å²) in [6, 6.07) is 7.93. The summed E-state index contributed by atoms with van der Waals surface area (Å²) in [5.41, 5.74) is 0. The van der Waals surface area contributed by atoms with Gasteiger partial charge in [-0.15, -0.1) is 12.4 Å². The van der Waals surface area contributed by atoms with Gasteiger partial charge in [-0.1, -0.05) is 6.92 Å². The number of halogens is 1. The number of unbranched alkanes of at least 4 members (excludes halogenated alkanes) is 1. The van der Waals surface area contributed by atoms with E-state index in [2.05, 4.69) is 18.7 Å². The lowest BCUT2D eigenvalue weighted by Crippen LogP contribution is -2.36. The molecule has 1 heterocycles. The molecule has 0 aromatic heterocycles. The lowest BCUT2D eigenvalue weighted by molar-refractivity contribution is 0.0368. The molecule has 4 nitrogen and oxygen atoms in total. The molecule has 23 heavy (non-hydrogen) atoms. The first kappa shape index (κ1) is 20.1. The van der Waals surface area contributed by atoms with Gasteiger partial charge in [-0.2, -0.15) is 0 Å². The fraction of sp³-hybridized carbons (Fsp3) is 0.667. The molecule has 1 aliphatic rings. The Morgan fingerprint density at radius 3 is 2.39 bits per heavy atom. The molecule has 2 rings (SSSR count). The summed E-state index contributed by atoms with van der Waals surface area (Å²) in [6.45, 7) is 10.0. The van der Waals surface area contributed by atoms with Crippen molar-refractivity contribution in [3.63, 3.8) is 0 Å². The van der Waals surface area contributed by atoms with Crippen LogP contribution in [0.3, 0.4) is 0 Å². The maximum atomic E-state index is 5.78. The molecule has 0 aliphatic carbocycles. The lowest BCUT2D eigenvalue weighted by atomic mass is 10.3. The number of benzene rings is 1. The Balaban J connectivity index is 0.00000264. The second-order valence-corrected chi connectivity index (χ2v) is 5.82. The van der Waals surface area contributed by atoms with Gasteiger partial charge in [0.2, 0.25) is 0 Å². The Morgan fingerprint density at radius 2 is 1.74 bits per heavy atom. The van der Waals surface area contributed by atoms with E-state index in [0.29, 0.717) is 0 Å². The van der Waals surface area contributed by atoms with Crippen LogP contribution in [0.1, 0.15) is 33.1 Å². The van der Waals surface area contributed by atoms with Gasteiger partial charge in [0.1, 0.15) is 11.5 Å². The van der Waals surface area contributed by atoms with Gasteiger partial charge in [-0.25, -0.2) is 0 Å². The highest BCUT2D eigenvalue weighted by Gasteiger charge is 2.09. The maximum Gasteiger partial charge on any atom is 0.119 e. The minimum atomic E-state index is 0. The van der Waals surface area contributed by atoms with Gasteiger partial charge < -0.3 is 14.2 Å². The molecule has 5 heteroatoms. The van der Waals surface area contributed by atoms with Crippen LogP contribution in [0.25, 0.3) is 0 Å². The molecule has 0 spiro atoms. The van der Waals surface area contributed by atoms with E-state index < -0.39 is 0 Å². The van der Waals surface area contributed by atoms with Crippen LogP contribution in [0, 0.1) is 0 Å². The fourth-order valence-corrected chi connectivity index (χ4v) is 2.38. The monoisotopic (exact) mass is 343 g/mol. The predicted molar refractivity (Wildman–Crippen MR) is 96.1 cm³/mol. The van der Waals surface area contributed by atoms with Gasteiger partial charge in [0.15, 0.2) is 0 Å². The van der Waals surface area contributed by atoms with Crippen LogP contribution in [0.2, 0.25) is 0 Å². The van der Waals surface area contributed by atoms with Crippen LogP contribution in [0.5, 0.6) is 11.5 Å². The van der Waals surface area contributed by atoms with E-state index in [9.17, 15) is 0 Å². The summed E-state index contributed by atoms with van der Waals surface area (Å²) >= 11 is 0. The highest BCUT2D eigenvalue weighted by atomic mass is 35.5. The third-order valence-electron chi connectivity index (χ3n) is 3.98. The van der Waals surface area contributed by atoms with Gasteiger partial charge in [0, 0.05) is 13.1 Å². The van der Waals surface area contributed by atoms with Crippen LogP contribution in [-0.2, 0) is 4.74 Å². The largest absolute Gasteiger partial charge is 0.494 e. The predicted octanol–water partition coefficient (Wildman–Crippen LogP) is 3.78. The molecule has 1 aliphatic heterocycles. The SMILES string of the molecule is CCC(C)Oc1ccc(OCCCCN2CCOCC2)cc1.Cl. The van der Waals surface area contributed by atoms with Crippen molar-refractivity contribution in [3.05, 3.63) is 24.3 Å². The van der Waals surface area contributed by atoms with Gasteiger partial charge >= 0.3 is 0 Å². The Hall–Kier alpha value is -0.970. The molecular weight excluding hydrogens is 314 g/mol. The molecule has 0 bridgehead atoms. The topological polar surface area (TPSA) is 30.9 Å². The first-order valence-electron chi connectivity index (χ1n) is 8.47. The van der Waals surface area contributed by atoms with Crippen LogP contribution < -0.4 is 9.47 Å². The normalized spacial score (nSPS) is 16.4. The van der Waals surface area contributed by atoms with E-state index in [1.165, 1.54) is 6.42 Å². The molecule has 1 unspecified atom stereocenters. The Morgan fingerprint density at radius 1 is 1.09 bits per heavy atom. The third-order valence-corrected chi connectivity index (χ3v) is 3.98. The van der Waals surface area contributed by atoms with E-state index in [-0.39, 0.29) is 18.5 Å². The molecule has 132 valence electrons. The van der Waals surface area contributed by atoms with Crippen LogP contribution in [-0.4, -0.2) is 50.5 Å². The maximum absolute atomic E-state index is 5.78. The van der Waals surface area contributed by atoms with Crippen molar-refractivity contribution in [1.29, 1.82) is 0 Å². The smallest absolute Gasteiger partial charge is 0.119 e. The van der Waals surface area contributed by atoms with Crippen molar-refractivity contribution in [2.24, 2.45) is 0 Å². The quantitative estimate of drug-likeness (QED) is 0.638. The zero-order chi connectivity index (χ0) is 15.6. The zero-order valence-corrected chi connectivity index (χ0v) is 15.1. The minimum Gasteiger partial charge on any atom is -0.494 e. The molecule has 0 amide bonds. The summed E-state index contributed by atoms with van der Waals surface area (Å²) in [6.07, 6.45) is 3.53. The number of hydrogen-bond donors (Lipinski definition) is 0. The molecule has 0 N–H and O–H groups in total. The number of nitrogens with zero attached hydrogens (tertiary/aromatic N) is 1. The molecule has 0 saturated carbocycles. The van der Waals surface area contributed by atoms with Crippen molar-refractivity contribution >= 4 is 12.4 Å².